The van der Waals surface area contributed by atoms with Gasteiger partial charge in [0.15, 0.2) is 0 Å². The van der Waals surface area contributed by atoms with Crippen LogP contribution in [0.5, 0.6) is 5.75 Å². The molecule has 0 aromatic heterocycles. The first-order valence-corrected chi connectivity index (χ1v) is 3.51. The largest absolute Gasteiger partial charge is 0.727 e. The quantitative estimate of drug-likeness (QED) is 0.542. The van der Waals surface area contributed by atoms with Crippen LogP contribution in [0.15, 0.2) is 24.3 Å². The molecule has 0 aliphatic carbocycles. The summed E-state index contributed by atoms with van der Waals surface area (Å²) in [6.45, 7) is 0. The van der Waals surface area contributed by atoms with Crippen LogP contribution in [0.4, 0.5) is 5.69 Å². The molecule has 0 aliphatic rings. The van der Waals surface area contributed by atoms with Gasteiger partial charge in [0.2, 0.25) is 0 Å². The smallest absolute Gasteiger partial charge is 0.509 e. The van der Waals surface area contributed by atoms with Gasteiger partial charge in [-0.15, -0.1) is 0 Å². The average molecular weight is 187 g/mol. The zero-order chi connectivity index (χ0) is 8.97. The van der Waals surface area contributed by atoms with Crippen molar-refractivity contribution >= 4 is 24.9 Å². The fourth-order valence-corrected chi connectivity index (χ4v) is 0.751. The maximum absolute atomic E-state index is 8.80. The Labute approximate surface area is 75.2 Å². The summed E-state index contributed by atoms with van der Waals surface area (Å²) in [4.78, 5) is 0. The third kappa shape index (κ3) is 2.30. The monoisotopic (exact) mass is 187 g/mol. The van der Waals surface area contributed by atoms with Crippen LogP contribution in [0.2, 0.25) is 0 Å². The summed E-state index contributed by atoms with van der Waals surface area (Å²) >= 11 is 4.84. The highest BCUT2D eigenvalue weighted by molar-refractivity contribution is 6.42. The maximum Gasteiger partial charge on any atom is 0.727 e. The minimum atomic E-state index is -1.50. The molecule has 0 saturated heterocycles. The van der Waals surface area contributed by atoms with Crippen molar-refractivity contribution in [1.29, 1.82) is 0 Å². The molecule has 0 heterocycles. The molecular weight excluding hydrogens is 180 g/mol. The molecule has 64 valence electrons. The molecule has 0 radical (unpaired) electrons. The molecular formula is C6H7BClNO3. The number of rotatable bonds is 3. The van der Waals surface area contributed by atoms with Gasteiger partial charge in [-0.05, 0) is 12.1 Å². The lowest BCUT2D eigenvalue weighted by atomic mass is 10.2. The summed E-state index contributed by atoms with van der Waals surface area (Å²) < 4.78 is 8.73. The molecule has 1 aromatic rings. The highest BCUT2D eigenvalue weighted by Gasteiger charge is 2.18. The molecule has 0 spiro atoms. The molecule has 0 amide bonds. The fraction of sp³-hybridized carbons (Fsp3) is 0. The molecule has 12 heavy (non-hydrogen) atoms. The number of halogens is 1. The first-order chi connectivity index (χ1) is 5.74. The molecule has 0 saturated carbocycles. The summed E-state index contributed by atoms with van der Waals surface area (Å²) in [7, 11) is -1.50. The molecule has 0 unspecified atom stereocenters. The number of hydrogen-bond acceptors (Lipinski definition) is 4. The van der Waals surface area contributed by atoms with Crippen molar-refractivity contribution in [3.05, 3.63) is 24.3 Å². The molecule has 1 aromatic carbocycles. The van der Waals surface area contributed by atoms with E-state index in [1.54, 1.807) is 24.3 Å². The van der Waals surface area contributed by atoms with E-state index < -0.39 is 7.32 Å². The van der Waals surface area contributed by atoms with E-state index in [-0.39, 0.29) is 0 Å². The predicted molar refractivity (Wildman–Crippen MR) is 46.4 cm³/mol. The van der Waals surface area contributed by atoms with Gasteiger partial charge >= 0.3 is 7.32 Å². The van der Waals surface area contributed by atoms with Gasteiger partial charge in [-0.25, -0.2) is 0 Å². The molecule has 0 fully saturated rings. The van der Waals surface area contributed by atoms with E-state index in [0.717, 1.165) is 0 Å². The second kappa shape index (κ2) is 4.20. The lowest BCUT2D eigenvalue weighted by molar-refractivity contribution is 0.311. The highest BCUT2D eigenvalue weighted by atomic mass is 35.5. The van der Waals surface area contributed by atoms with Gasteiger partial charge in [0.25, 0.3) is 0 Å². The van der Waals surface area contributed by atoms with E-state index in [0.29, 0.717) is 11.4 Å². The molecule has 3 N–H and O–H groups in total. The molecule has 1 rings (SSSR count). The Kier molecular flexibility index (Phi) is 3.22. The van der Waals surface area contributed by atoms with Crippen molar-refractivity contribution in [3.63, 3.8) is 0 Å². The zero-order valence-corrected chi connectivity index (χ0v) is 6.86. The van der Waals surface area contributed by atoms with Crippen molar-refractivity contribution in [2.75, 3.05) is 5.73 Å². The lowest BCUT2D eigenvalue weighted by Gasteiger charge is -2.07. The van der Waals surface area contributed by atoms with Crippen molar-refractivity contribution in [3.8, 4) is 5.75 Å². The molecule has 0 bridgehead atoms. The van der Waals surface area contributed by atoms with Crippen LogP contribution in [0.3, 0.4) is 0 Å². The van der Waals surface area contributed by atoms with E-state index in [1.807, 2.05) is 0 Å². The Morgan fingerprint density at radius 3 is 2.67 bits per heavy atom. The van der Waals surface area contributed by atoms with Gasteiger partial charge in [0, 0.05) is 11.9 Å². The number of benzene rings is 1. The summed E-state index contributed by atoms with van der Waals surface area (Å²) in [6, 6.07) is 6.69. The number of hydrogen-bond donors (Lipinski definition) is 2. The highest BCUT2D eigenvalue weighted by Crippen LogP contribution is 2.20. The Balaban J connectivity index is 2.69. The van der Waals surface area contributed by atoms with Crippen molar-refractivity contribution in [2.24, 2.45) is 0 Å². The number of nitrogen functional groups attached to an aromatic ring is 1. The maximum atomic E-state index is 8.80. The van der Waals surface area contributed by atoms with Gasteiger partial charge in [0.05, 0.1) is 5.69 Å². The third-order valence-corrected chi connectivity index (χ3v) is 1.38. The summed E-state index contributed by atoms with van der Waals surface area (Å²) in [6.07, 6.45) is 0. The van der Waals surface area contributed by atoms with E-state index >= 15 is 0 Å². The van der Waals surface area contributed by atoms with Gasteiger partial charge in [-0.3, -0.25) is 4.21 Å². The molecule has 4 nitrogen and oxygen atoms in total. The Hall–Kier alpha value is -0.905. The van der Waals surface area contributed by atoms with E-state index in [2.05, 4.69) is 4.21 Å². The normalized spacial score (nSPS) is 9.50. The Morgan fingerprint density at radius 2 is 2.08 bits per heavy atom. The zero-order valence-electron chi connectivity index (χ0n) is 6.11. The van der Waals surface area contributed by atoms with Crippen LogP contribution in [0.25, 0.3) is 0 Å². The van der Waals surface area contributed by atoms with E-state index in [9.17, 15) is 0 Å². The molecule has 6 heteroatoms. The minimum Gasteiger partial charge on any atom is -0.509 e. The second-order valence-corrected chi connectivity index (χ2v) is 2.23. The van der Waals surface area contributed by atoms with Gasteiger partial charge in [0.1, 0.15) is 5.75 Å². The predicted octanol–water partition coefficient (Wildman–Crippen LogP) is 0.795. The lowest BCUT2D eigenvalue weighted by Crippen LogP contribution is -2.22. The van der Waals surface area contributed by atoms with Crippen LogP contribution in [0, 0.1) is 0 Å². The van der Waals surface area contributed by atoms with Crippen LogP contribution in [-0.2, 0) is 4.21 Å². The fourth-order valence-electron chi connectivity index (χ4n) is 0.715. The van der Waals surface area contributed by atoms with Crippen molar-refractivity contribution in [2.45, 2.75) is 0 Å². The van der Waals surface area contributed by atoms with Crippen LogP contribution < -0.4 is 10.4 Å². The van der Waals surface area contributed by atoms with Crippen LogP contribution >= 0.6 is 11.9 Å². The average Bonchev–Trinajstić information content (AvgIpc) is 2.09. The topological polar surface area (TPSA) is 64.7 Å². The summed E-state index contributed by atoms with van der Waals surface area (Å²) in [5.74, 6) is 0.325. The van der Waals surface area contributed by atoms with Crippen LogP contribution in [0.1, 0.15) is 0 Å². The van der Waals surface area contributed by atoms with Gasteiger partial charge in [-0.1, -0.05) is 12.1 Å². The first kappa shape index (κ1) is 9.19. The number of nitrogens with two attached hydrogens (primary N) is 1. The van der Waals surface area contributed by atoms with Crippen molar-refractivity contribution in [1.82, 2.24) is 0 Å². The number of anilines is 1. The second-order valence-electron chi connectivity index (χ2n) is 2.05. The summed E-state index contributed by atoms with van der Waals surface area (Å²) in [5, 5.41) is 8.80. The SMILES string of the molecule is Nc1ccccc1OB(O)OCl. The Morgan fingerprint density at radius 1 is 1.42 bits per heavy atom. The molecule has 0 aliphatic heterocycles. The molecule has 0 atom stereocenters. The standard InChI is InChI=1S/C6H7BClNO3/c8-12-7(10)11-6-4-2-1-3-5(6)9/h1-4,10H,9H2. The van der Waals surface area contributed by atoms with E-state index in [1.165, 1.54) is 0 Å². The van der Waals surface area contributed by atoms with Crippen LogP contribution in [-0.4, -0.2) is 12.3 Å². The number of para-hydroxylation sites is 2. The van der Waals surface area contributed by atoms with Gasteiger partial charge < -0.3 is 15.4 Å². The van der Waals surface area contributed by atoms with Gasteiger partial charge in [-0.2, -0.15) is 0 Å². The minimum absolute atomic E-state index is 0.325. The summed E-state index contributed by atoms with van der Waals surface area (Å²) in [5.41, 5.74) is 5.90. The first-order valence-electron chi connectivity index (χ1n) is 3.20. The Bertz CT molecular complexity index is 260. The van der Waals surface area contributed by atoms with E-state index in [4.69, 9.17) is 27.3 Å². The van der Waals surface area contributed by atoms with Crippen molar-refractivity contribution < 1.29 is 13.9 Å². The third-order valence-electron chi connectivity index (χ3n) is 1.22.